The lowest BCUT2D eigenvalue weighted by Crippen LogP contribution is -2.42. The van der Waals surface area contributed by atoms with Gasteiger partial charge in [-0.15, -0.1) is 0 Å². The molecule has 0 fully saturated rings. The van der Waals surface area contributed by atoms with Crippen LogP contribution < -0.4 is 15.8 Å². The van der Waals surface area contributed by atoms with E-state index in [4.69, 9.17) is 9.88 Å². The summed E-state index contributed by atoms with van der Waals surface area (Å²) >= 11 is 0. The molecule has 9 nitrogen and oxygen atoms in total. The minimum atomic E-state index is -3.83. The Morgan fingerprint density at radius 3 is 2.23 bits per heavy atom. The van der Waals surface area contributed by atoms with Gasteiger partial charge in [0.05, 0.1) is 4.90 Å². The molecule has 0 heterocycles. The average Bonchev–Trinajstić information content (AvgIpc) is 2.72. The van der Waals surface area contributed by atoms with E-state index < -0.39 is 40.5 Å². The van der Waals surface area contributed by atoms with Gasteiger partial charge in [0.15, 0.2) is 6.61 Å². The molecule has 0 aromatic heterocycles. The Hall–Kier alpha value is -3.24. The molecule has 0 aliphatic carbocycles. The molecule has 0 aliphatic rings. The predicted octanol–water partition coefficient (Wildman–Crippen LogP) is 1.41. The molecule has 2 aromatic carbocycles. The number of sulfonamides is 1. The highest BCUT2D eigenvalue weighted by molar-refractivity contribution is 7.89. The number of esters is 1. The van der Waals surface area contributed by atoms with Gasteiger partial charge in [-0.1, -0.05) is 31.5 Å². The quantitative estimate of drug-likeness (QED) is 0.510. The molecule has 2 rings (SSSR count). The molecule has 1 atom stereocenters. The first-order valence-electron chi connectivity index (χ1n) is 9.16. The number of nitrogens with two attached hydrogens (primary N) is 1. The van der Waals surface area contributed by atoms with E-state index in [-0.39, 0.29) is 4.90 Å². The maximum absolute atomic E-state index is 12.3. The minimum absolute atomic E-state index is 0.0940. The average molecular weight is 433 g/mol. The fourth-order valence-corrected chi connectivity index (χ4v) is 3.05. The van der Waals surface area contributed by atoms with Gasteiger partial charge in [-0.25, -0.2) is 18.4 Å². The number of ether oxygens (including phenoxy) is 1. The van der Waals surface area contributed by atoms with Crippen molar-refractivity contribution < 1.29 is 27.5 Å². The number of carbonyl (C=O) groups is 3. The largest absolute Gasteiger partial charge is 0.454 e. The molecule has 160 valence electrons. The highest BCUT2D eigenvalue weighted by atomic mass is 32.2. The maximum Gasteiger partial charge on any atom is 0.329 e. The summed E-state index contributed by atoms with van der Waals surface area (Å²) in [5.74, 6) is -1.75. The monoisotopic (exact) mass is 433 g/mol. The maximum atomic E-state index is 12.3. The minimum Gasteiger partial charge on any atom is -0.454 e. The third-order valence-corrected chi connectivity index (χ3v) is 4.94. The van der Waals surface area contributed by atoms with Crippen LogP contribution >= 0.6 is 0 Å². The first kappa shape index (κ1) is 23.0. The molecule has 1 unspecified atom stereocenters. The van der Waals surface area contributed by atoms with E-state index in [0.717, 1.165) is 0 Å². The first-order chi connectivity index (χ1) is 14.2. The van der Waals surface area contributed by atoms with E-state index in [1.54, 1.807) is 30.3 Å². The summed E-state index contributed by atoms with van der Waals surface area (Å²) < 4.78 is 27.5. The van der Waals surface area contributed by atoms with Crippen molar-refractivity contribution in [2.24, 2.45) is 5.14 Å². The molecule has 0 spiro atoms. The molecule has 0 radical (unpaired) electrons. The van der Waals surface area contributed by atoms with E-state index in [1.165, 1.54) is 24.3 Å². The number of amides is 2. The summed E-state index contributed by atoms with van der Waals surface area (Å²) in [6.07, 6.45) is 0.978. The predicted molar refractivity (Wildman–Crippen MR) is 110 cm³/mol. The lowest BCUT2D eigenvalue weighted by molar-refractivity contribution is -0.149. The normalized spacial score (nSPS) is 11.9. The van der Waals surface area contributed by atoms with E-state index >= 15 is 0 Å². The molecular weight excluding hydrogens is 410 g/mol. The van der Waals surface area contributed by atoms with Gasteiger partial charge < -0.3 is 15.4 Å². The van der Waals surface area contributed by atoms with Crippen LogP contribution in [0.5, 0.6) is 0 Å². The second-order valence-electron chi connectivity index (χ2n) is 6.41. The number of hydrogen-bond acceptors (Lipinski definition) is 6. The number of hydrogen-bond donors (Lipinski definition) is 3. The van der Waals surface area contributed by atoms with Crippen LogP contribution in [0.3, 0.4) is 0 Å². The fraction of sp³-hybridized carbons (Fsp3) is 0.250. The van der Waals surface area contributed by atoms with Crippen molar-refractivity contribution >= 4 is 33.5 Å². The highest BCUT2D eigenvalue weighted by Gasteiger charge is 2.23. The van der Waals surface area contributed by atoms with Gasteiger partial charge in [0, 0.05) is 11.3 Å². The zero-order valence-corrected chi connectivity index (χ0v) is 17.1. The Morgan fingerprint density at radius 2 is 1.67 bits per heavy atom. The zero-order chi connectivity index (χ0) is 22.1. The van der Waals surface area contributed by atoms with Crippen molar-refractivity contribution in [1.82, 2.24) is 5.32 Å². The summed E-state index contributed by atoms with van der Waals surface area (Å²) in [4.78, 5) is 36.5. The van der Waals surface area contributed by atoms with Crippen LogP contribution in [0.1, 0.15) is 30.1 Å². The van der Waals surface area contributed by atoms with Crippen LogP contribution in [0.4, 0.5) is 5.69 Å². The van der Waals surface area contributed by atoms with Crippen LogP contribution in [-0.2, 0) is 24.3 Å². The fourth-order valence-electron chi connectivity index (χ4n) is 2.53. The van der Waals surface area contributed by atoms with Crippen LogP contribution in [0.15, 0.2) is 59.5 Å². The van der Waals surface area contributed by atoms with Gasteiger partial charge in [0.1, 0.15) is 6.04 Å². The van der Waals surface area contributed by atoms with Crippen molar-refractivity contribution in [2.45, 2.75) is 30.7 Å². The zero-order valence-electron chi connectivity index (χ0n) is 16.3. The van der Waals surface area contributed by atoms with Crippen LogP contribution in [0, 0.1) is 0 Å². The summed E-state index contributed by atoms with van der Waals surface area (Å²) in [5, 5.41) is 10.1. The van der Waals surface area contributed by atoms with E-state index in [0.29, 0.717) is 24.1 Å². The Kier molecular flexibility index (Phi) is 8.07. The molecular formula is C20H23N3O6S. The Bertz CT molecular complexity index is 991. The molecule has 4 N–H and O–H groups in total. The molecule has 2 amide bonds. The summed E-state index contributed by atoms with van der Waals surface area (Å²) in [7, 11) is -3.83. The number of nitrogens with one attached hydrogen (secondary N) is 2. The molecule has 0 saturated carbocycles. The topological polar surface area (TPSA) is 145 Å². The van der Waals surface area contributed by atoms with Gasteiger partial charge in [0.25, 0.3) is 11.8 Å². The lowest BCUT2D eigenvalue weighted by Gasteiger charge is -2.17. The second-order valence-corrected chi connectivity index (χ2v) is 7.97. The molecule has 0 aliphatic heterocycles. The summed E-state index contributed by atoms with van der Waals surface area (Å²) in [5.41, 5.74) is 0.720. The van der Waals surface area contributed by atoms with Crippen molar-refractivity contribution in [3.63, 3.8) is 0 Å². The summed E-state index contributed by atoms with van der Waals surface area (Å²) in [6, 6.07) is 12.8. The molecule has 2 aromatic rings. The molecule has 0 saturated heterocycles. The van der Waals surface area contributed by atoms with Gasteiger partial charge in [0.2, 0.25) is 10.0 Å². The summed E-state index contributed by atoms with van der Waals surface area (Å²) in [6.45, 7) is 1.30. The Balaban J connectivity index is 1.89. The highest BCUT2D eigenvalue weighted by Crippen LogP contribution is 2.12. The van der Waals surface area contributed by atoms with Crippen molar-refractivity contribution in [3.05, 3.63) is 60.2 Å². The molecule has 30 heavy (non-hydrogen) atoms. The van der Waals surface area contributed by atoms with Crippen LogP contribution in [0.2, 0.25) is 0 Å². The standard InChI is InChI=1S/C20H23N3O6S/c1-2-6-17(23-19(25)14-7-4-3-5-8-14)20(26)29-13-18(24)22-15-9-11-16(12-10-15)30(21,27)28/h3-5,7-12,17H,2,6,13H2,1H3,(H,22,24)(H,23,25)(H2,21,27,28). The van der Waals surface area contributed by atoms with Gasteiger partial charge in [-0.2, -0.15) is 0 Å². The number of carbonyl (C=O) groups excluding carboxylic acids is 3. The molecule has 0 bridgehead atoms. The van der Waals surface area contributed by atoms with Gasteiger partial charge >= 0.3 is 5.97 Å². The number of primary sulfonamides is 1. The Labute approximate surface area is 174 Å². The Morgan fingerprint density at radius 1 is 1.03 bits per heavy atom. The van der Waals surface area contributed by atoms with Crippen molar-refractivity contribution in [2.75, 3.05) is 11.9 Å². The van der Waals surface area contributed by atoms with E-state index in [9.17, 15) is 22.8 Å². The van der Waals surface area contributed by atoms with Crippen LogP contribution in [-0.4, -0.2) is 38.9 Å². The molecule has 10 heteroatoms. The second kappa shape index (κ2) is 10.5. The third kappa shape index (κ3) is 6.98. The lowest BCUT2D eigenvalue weighted by atomic mass is 10.1. The van der Waals surface area contributed by atoms with Crippen LogP contribution in [0.25, 0.3) is 0 Å². The number of benzene rings is 2. The van der Waals surface area contributed by atoms with E-state index in [1.807, 2.05) is 6.92 Å². The third-order valence-electron chi connectivity index (χ3n) is 4.02. The van der Waals surface area contributed by atoms with Gasteiger partial charge in [-0.3, -0.25) is 9.59 Å². The smallest absolute Gasteiger partial charge is 0.329 e. The number of anilines is 1. The first-order valence-corrected chi connectivity index (χ1v) is 10.7. The van der Waals surface area contributed by atoms with E-state index in [2.05, 4.69) is 10.6 Å². The van der Waals surface area contributed by atoms with Crippen molar-refractivity contribution in [3.8, 4) is 0 Å². The van der Waals surface area contributed by atoms with Gasteiger partial charge in [-0.05, 0) is 42.8 Å². The SMILES string of the molecule is CCCC(NC(=O)c1ccccc1)C(=O)OCC(=O)Nc1ccc(S(N)(=O)=O)cc1. The number of rotatable bonds is 9. The van der Waals surface area contributed by atoms with Crippen molar-refractivity contribution in [1.29, 1.82) is 0 Å².